The third kappa shape index (κ3) is 2.24. The van der Waals surface area contributed by atoms with Gasteiger partial charge < -0.3 is 0 Å². The molecular formula is C14H10N3S+. The SMILES string of the molecule is c1ccc(-c2n[s+]nc(-c3ccccc3)n2)cc1. The minimum absolute atomic E-state index is 0.717. The largest absolute Gasteiger partial charge is 0.511 e. The van der Waals surface area contributed by atoms with Crippen molar-refractivity contribution in [2.24, 2.45) is 0 Å². The van der Waals surface area contributed by atoms with Crippen LogP contribution in [0.5, 0.6) is 0 Å². The van der Waals surface area contributed by atoms with Crippen LogP contribution in [0.2, 0.25) is 0 Å². The molecule has 0 aliphatic rings. The molecule has 0 saturated carbocycles. The molecule has 0 N–H and O–H groups in total. The van der Waals surface area contributed by atoms with Crippen LogP contribution in [0.25, 0.3) is 22.8 Å². The van der Waals surface area contributed by atoms with E-state index in [0.29, 0.717) is 0 Å². The second kappa shape index (κ2) is 4.98. The van der Waals surface area contributed by atoms with Crippen LogP contribution in [0.1, 0.15) is 0 Å². The van der Waals surface area contributed by atoms with Crippen LogP contribution in [0.4, 0.5) is 0 Å². The molecule has 0 spiro atoms. The summed E-state index contributed by atoms with van der Waals surface area (Å²) in [6.45, 7) is 0. The van der Waals surface area contributed by atoms with Gasteiger partial charge in [0.1, 0.15) is 0 Å². The van der Waals surface area contributed by atoms with Gasteiger partial charge >= 0.3 is 11.7 Å². The Morgan fingerprint density at radius 3 is 1.50 bits per heavy atom. The maximum absolute atomic E-state index is 4.50. The Bertz CT molecular complexity index is 587. The Hall–Kier alpha value is -2.20. The molecule has 3 nitrogen and oxygen atoms in total. The Morgan fingerprint density at radius 2 is 1.06 bits per heavy atom. The molecule has 3 rings (SSSR count). The molecule has 1 heterocycles. The van der Waals surface area contributed by atoms with Crippen molar-refractivity contribution in [3.8, 4) is 22.8 Å². The van der Waals surface area contributed by atoms with E-state index in [1.807, 2.05) is 60.7 Å². The Morgan fingerprint density at radius 1 is 0.611 bits per heavy atom. The minimum atomic E-state index is 0.717. The van der Waals surface area contributed by atoms with Gasteiger partial charge in [0.15, 0.2) is 0 Å². The predicted molar refractivity (Wildman–Crippen MR) is 73.0 cm³/mol. The van der Waals surface area contributed by atoms with Crippen molar-refractivity contribution in [2.75, 3.05) is 0 Å². The number of hydrogen-bond acceptors (Lipinski definition) is 3. The van der Waals surface area contributed by atoms with E-state index in [9.17, 15) is 0 Å². The maximum Gasteiger partial charge on any atom is 0.511 e. The first-order valence-electron chi connectivity index (χ1n) is 5.58. The lowest BCUT2D eigenvalue weighted by Gasteiger charge is -1.96. The fourth-order valence-electron chi connectivity index (χ4n) is 1.65. The summed E-state index contributed by atoms with van der Waals surface area (Å²) < 4.78 is 8.51. The van der Waals surface area contributed by atoms with Crippen LogP contribution in [0.15, 0.2) is 60.7 Å². The fraction of sp³-hybridized carbons (Fsp3) is 0. The second-order valence-corrected chi connectivity index (χ2v) is 4.28. The molecule has 0 fully saturated rings. The molecule has 4 heteroatoms. The minimum Gasteiger partial charge on any atom is -0.199 e. The van der Waals surface area contributed by atoms with Gasteiger partial charge in [0.05, 0.1) is 8.75 Å². The van der Waals surface area contributed by atoms with E-state index < -0.39 is 0 Å². The number of nitrogens with zero attached hydrogens (tertiary/aromatic N) is 3. The van der Waals surface area contributed by atoms with E-state index in [1.165, 1.54) is 11.7 Å². The van der Waals surface area contributed by atoms with Crippen LogP contribution in [-0.2, 0) is 0 Å². The average Bonchev–Trinajstić information content (AvgIpc) is 2.49. The van der Waals surface area contributed by atoms with Gasteiger partial charge in [-0.3, -0.25) is 0 Å². The smallest absolute Gasteiger partial charge is 0.199 e. The molecule has 0 bridgehead atoms. The quantitative estimate of drug-likeness (QED) is 0.655. The first kappa shape index (κ1) is 10.9. The molecule has 0 radical (unpaired) electrons. The molecule has 2 aromatic carbocycles. The van der Waals surface area contributed by atoms with Crippen molar-refractivity contribution >= 4 is 11.7 Å². The summed E-state index contributed by atoms with van der Waals surface area (Å²) >= 11 is 1.18. The van der Waals surface area contributed by atoms with Crippen LogP contribution in [-0.4, -0.2) is 13.7 Å². The van der Waals surface area contributed by atoms with Crippen molar-refractivity contribution in [3.63, 3.8) is 0 Å². The summed E-state index contributed by atoms with van der Waals surface area (Å²) in [5.41, 5.74) is 2.02. The zero-order valence-electron chi connectivity index (χ0n) is 9.52. The van der Waals surface area contributed by atoms with Crippen LogP contribution >= 0.6 is 11.7 Å². The Labute approximate surface area is 109 Å². The van der Waals surface area contributed by atoms with E-state index in [2.05, 4.69) is 13.7 Å². The fourth-order valence-corrected chi connectivity index (χ4v) is 2.14. The second-order valence-electron chi connectivity index (χ2n) is 3.76. The van der Waals surface area contributed by atoms with E-state index >= 15 is 0 Å². The first-order chi connectivity index (χ1) is 8.93. The van der Waals surface area contributed by atoms with Crippen molar-refractivity contribution in [1.29, 1.82) is 0 Å². The van der Waals surface area contributed by atoms with Gasteiger partial charge in [0, 0.05) is 11.1 Å². The monoisotopic (exact) mass is 252 g/mol. The lowest BCUT2D eigenvalue weighted by Crippen LogP contribution is -1.92. The summed E-state index contributed by atoms with van der Waals surface area (Å²) in [7, 11) is 0. The van der Waals surface area contributed by atoms with Gasteiger partial charge in [-0.25, -0.2) is 0 Å². The highest BCUT2D eigenvalue weighted by Gasteiger charge is 2.12. The van der Waals surface area contributed by atoms with Gasteiger partial charge in [-0.1, -0.05) is 60.7 Å². The molecule has 86 valence electrons. The Kier molecular flexibility index (Phi) is 3.02. The van der Waals surface area contributed by atoms with Crippen LogP contribution in [0.3, 0.4) is 0 Å². The third-order valence-electron chi connectivity index (χ3n) is 2.53. The number of hydrogen-bond donors (Lipinski definition) is 0. The first-order valence-corrected chi connectivity index (χ1v) is 6.31. The lowest BCUT2D eigenvalue weighted by molar-refractivity contribution is 1.20. The molecule has 0 aliphatic carbocycles. The predicted octanol–water partition coefficient (Wildman–Crippen LogP) is 3.55. The molecule has 0 unspecified atom stereocenters. The lowest BCUT2D eigenvalue weighted by atomic mass is 10.2. The molecule has 0 amide bonds. The standard InChI is InChI=1S/C14H10N3S/c1-3-7-11(8-4-1)13-15-14(17-18-16-13)12-9-5-2-6-10-12/h1-10H/q+1. The molecule has 0 aliphatic heterocycles. The molecule has 3 aromatic rings. The highest BCUT2D eigenvalue weighted by molar-refractivity contribution is 6.99. The molecular weight excluding hydrogens is 242 g/mol. The van der Waals surface area contributed by atoms with Crippen molar-refractivity contribution in [1.82, 2.24) is 13.7 Å². The van der Waals surface area contributed by atoms with E-state index in [-0.39, 0.29) is 0 Å². The maximum atomic E-state index is 4.50. The number of rotatable bonds is 2. The summed E-state index contributed by atoms with van der Waals surface area (Å²) in [6, 6.07) is 19.9. The average molecular weight is 252 g/mol. The molecule has 0 atom stereocenters. The van der Waals surface area contributed by atoms with Crippen LogP contribution < -0.4 is 0 Å². The number of aromatic nitrogens is 3. The van der Waals surface area contributed by atoms with Crippen molar-refractivity contribution in [3.05, 3.63) is 60.7 Å². The van der Waals surface area contributed by atoms with Crippen molar-refractivity contribution < 1.29 is 0 Å². The van der Waals surface area contributed by atoms with Crippen molar-refractivity contribution in [2.45, 2.75) is 0 Å². The van der Waals surface area contributed by atoms with E-state index in [4.69, 9.17) is 0 Å². The Balaban J connectivity index is 2.05. The van der Waals surface area contributed by atoms with Gasteiger partial charge in [0.2, 0.25) is 11.6 Å². The zero-order chi connectivity index (χ0) is 12.2. The van der Waals surface area contributed by atoms with Crippen LogP contribution in [0, 0.1) is 0 Å². The molecule has 18 heavy (non-hydrogen) atoms. The van der Waals surface area contributed by atoms with Gasteiger partial charge in [-0.05, 0) is 0 Å². The van der Waals surface area contributed by atoms with E-state index in [1.54, 1.807) is 0 Å². The van der Waals surface area contributed by atoms with Gasteiger partial charge in [0.25, 0.3) is 0 Å². The summed E-state index contributed by atoms with van der Waals surface area (Å²) in [5, 5.41) is 0. The third-order valence-corrected chi connectivity index (χ3v) is 3.04. The summed E-state index contributed by atoms with van der Waals surface area (Å²) in [5.74, 6) is 1.43. The van der Waals surface area contributed by atoms with Gasteiger partial charge in [-0.2, -0.15) is 4.98 Å². The highest BCUT2D eigenvalue weighted by Crippen LogP contribution is 2.19. The number of benzene rings is 2. The highest BCUT2D eigenvalue weighted by atomic mass is 32.1. The normalized spacial score (nSPS) is 10.2. The summed E-state index contributed by atoms with van der Waals surface area (Å²) in [6.07, 6.45) is 0. The topological polar surface area (TPSA) is 38.7 Å². The van der Waals surface area contributed by atoms with Gasteiger partial charge in [-0.15, -0.1) is 0 Å². The van der Waals surface area contributed by atoms with E-state index in [0.717, 1.165) is 22.8 Å². The molecule has 0 saturated heterocycles. The summed E-state index contributed by atoms with van der Waals surface area (Å²) in [4.78, 5) is 4.50. The zero-order valence-corrected chi connectivity index (χ0v) is 10.3. The molecule has 1 aromatic heterocycles.